The summed E-state index contributed by atoms with van der Waals surface area (Å²) in [5, 5.41) is 0. The minimum Gasteiger partial charge on any atom is -0.393 e. The number of primary amides is 1. The summed E-state index contributed by atoms with van der Waals surface area (Å²) in [6.07, 6.45) is 1.75. The molecule has 2 amide bonds. The molecule has 1 aromatic carbocycles. The number of nitrogens with zero attached hydrogens (tertiary/aromatic N) is 1. The molecule has 1 fully saturated rings. The van der Waals surface area contributed by atoms with Crippen molar-refractivity contribution in [3.8, 4) is 0 Å². The largest absolute Gasteiger partial charge is 0.393 e. The van der Waals surface area contributed by atoms with E-state index < -0.39 is 0 Å². The van der Waals surface area contributed by atoms with Crippen LogP contribution >= 0.6 is 12.2 Å². The number of nitrogens with two attached hydrogens (primary N) is 2. The highest BCUT2D eigenvalue weighted by Crippen LogP contribution is 2.19. The highest BCUT2D eigenvalue weighted by molar-refractivity contribution is 7.80. The van der Waals surface area contributed by atoms with Crippen LogP contribution in [0.2, 0.25) is 0 Å². The molecule has 0 aromatic heterocycles. The fourth-order valence-electron chi connectivity index (χ4n) is 2.57. The van der Waals surface area contributed by atoms with Gasteiger partial charge in [0.15, 0.2) is 0 Å². The Labute approximate surface area is 129 Å². The van der Waals surface area contributed by atoms with Crippen LogP contribution in [-0.2, 0) is 11.2 Å². The molecule has 0 unspecified atom stereocenters. The van der Waals surface area contributed by atoms with Gasteiger partial charge in [-0.2, -0.15) is 0 Å². The Bertz CT molecular complexity index is 566. The lowest BCUT2D eigenvalue weighted by molar-refractivity contribution is -0.123. The van der Waals surface area contributed by atoms with E-state index >= 15 is 0 Å². The van der Waals surface area contributed by atoms with Gasteiger partial charge < -0.3 is 16.4 Å². The highest BCUT2D eigenvalue weighted by atomic mass is 32.1. The monoisotopic (exact) mass is 305 g/mol. The van der Waals surface area contributed by atoms with Gasteiger partial charge in [0, 0.05) is 31.0 Å². The Morgan fingerprint density at radius 2 is 1.90 bits per heavy atom. The van der Waals surface area contributed by atoms with Crippen LogP contribution in [0.25, 0.3) is 0 Å². The molecule has 1 aromatic rings. The number of amides is 2. The molecule has 21 heavy (non-hydrogen) atoms. The van der Waals surface area contributed by atoms with Crippen molar-refractivity contribution in [3.63, 3.8) is 0 Å². The van der Waals surface area contributed by atoms with Crippen LogP contribution in [0.3, 0.4) is 0 Å². The average molecular weight is 305 g/mol. The van der Waals surface area contributed by atoms with E-state index in [1.807, 2.05) is 18.2 Å². The van der Waals surface area contributed by atoms with Gasteiger partial charge in [0.1, 0.15) is 0 Å². The lowest BCUT2D eigenvalue weighted by Crippen LogP contribution is -2.41. The average Bonchev–Trinajstić information content (AvgIpc) is 2.46. The van der Waals surface area contributed by atoms with E-state index in [0.29, 0.717) is 42.9 Å². The van der Waals surface area contributed by atoms with Crippen LogP contribution in [-0.4, -0.2) is 34.8 Å². The third kappa shape index (κ3) is 4.01. The molecule has 0 radical (unpaired) electrons. The predicted molar refractivity (Wildman–Crippen MR) is 84.8 cm³/mol. The van der Waals surface area contributed by atoms with Gasteiger partial charge in [0.05, 0.1) is 4.99 Å². The van der Waals surface area contributed by atoms with Crippen molar-refractivity contribution < 1.29 is 9.59 Å². The van der Waals surface area contributed by atoms with Crippen molar-refractivity contribution in [3.05, 3.63) is 35.4 Å². The lowest BCUT2D eigenvalue weighted by Gasteiger charge is -2.30. The van der Waals surface area contributed by atoms with E-state index in [1.54, 1.807) is 11.0 Å². The summed E-state index contributed by atoms with van der Waals surface area (Å²) in [5.41, 5.74) is 12.4. The van der Waals surface area contributed by atoms with Crippen LogP contribution < -0.4 is 11.5 Å². The Morgan fingerprint density at radius 3 is 2.48 bits per heavy atom. The number of thiocarbonyl (C=S) groups is 1. The SMILES string of the molecule is NC(=O)C1CCN(C(=O)c2cccc(CC(N)=S)c2)CC1. The summed E-state index contributed by atoms with van der Waals surface area (Å²) in [6, 6.07) is 7.33. The third-order valence-corrected chi connectivity index (χ3v) is 3.88. The second-order valence-electron chi connectivity index (χ2n) is 5.31. The highest BCUT2D eigenvalue weighted by Gasteiger charge is 2.26. The van der Waals surface area contributed by atoms with E-state index in [1.165, 1.54) is 0 Å². The van der Waals surface area contributed by atoms with E-state index in [9.17, 15) is 9.59 Å². The Balaban J connectivity index is 2.04. The Morgan fingerprint density at radius 1 is 1.24 bits per heavy atom. The molecule has 0 saturated carbocycles. The van der Waals surface area contributed by atoms with E-state index in [0.717, 1.165) is 5.56 Å². The molecular weight excluding hydrogens is 286 g/mol. The summed E-state index contributed by atoms with van der Waals surface area (Å²) >= 11 is 4.89. The second-order valence-corrected chi connectivity index (χ2v) is 5.84. The number of likely N-dealkylation sites (tertiary alicyclic amines) is 1. The first-order chi connectivity index (χ1) is 9.97. The molecule has 4 N–H and O–H groups in total. The topological polar surface area (TPSA) is 89.4 Å². The molecule has 1 aliphatic heterocycles. The molecule has 0 aliphatic carbocycles. The van der Waals surface area contributed by atoms with Crippen molar-refractivity contribution in [1.29, 1.82) is 0 Å². The van der Waals surface area contributed by atoms with Crippen molar-refractivity contribution in [1.82, 2.24) is 4.90 Å². The Hall–Kier alpha value is -1.95. The smallest absolute Gasteiger partial charge is 0.253 e. The number of hydrogen-bond acceptors (Lipinski definition) is 3. The van der Waals surface area contributed by atoms with Gasteiger partial charge in [-0.15, -0.1) is 0 Å². The first-order valence-electron chi connectivity index (χ1n) is 6.93. The van der Waals surface area contributed by atoms with Crippen molar-refractivity contribution in [2.45, 2.75) is 19.3 Å². The molecule has 112 valence electrons. The van der Waals surface area contributed by atoms with Crippen molar-refractivity contribution in [2.24, 2.45) is 17.4 Å². The predicted octanol–water partition coefficient (Wildman–Crippen LogP) is 0.853. The van der Waals surface area contributed by atoms with E-state index in [4.69, 9.17) is 23.7 Å². The standard InChI is InChI=1S/C15H19N3O2S/c16-13(21)9-10-2-1-3-12(8-10)15(20)18-6-4-11(5-7-18)14(17)19/h1-3,8,11H,4-7,9H2,(H2,16,21)(H2,17,19). The Kier molecular flexibility index (Phi) is 4.90. The lowest BCUT2D eigenvalue weighted by atomic mass is 9.95. The number of benzene rings is 1. The quantitative estimate of drug-likeness (QED) is 0.807. The number of carbonyl (C=O) groups is 2. The molecule has 1 heterocycles. The molecule has 1 aliphatic rings. The summed E-state index contributed by atoms with van der Waals surface area (Å²) in [7, 11) is 0. The summed E-state index contributed by atoms with van der Waals surface area (Å²) in [6.45, 7) is 1.12. The molecule has 0 spiro atoms. The van der Waals surface area contributed by atoms with Gasteiger partial charge in [-0.25, -0.2) is 0 Å². The molecule has 0 atom stereocenters. The number of carbonyl (C=O) groups excluding carboxylic acids is 2. The van der Waals surface area contributed by atoms with Crippen LogP contribution in [0.15, 0.2) is 24.3 Å². The minimum absolute atomic E-state index is 0.0253. The zero-order valence-electron chi connectivity index (χ0n) is 11.7. The first kappa shape index (κ1) is 15.4. The maximum atomic E-state index is 12.5. The summed E-state index contributed by atoms with van der Waals surface area (Å²) in [5.74, 6) is -0.418. The number of rotatable bonds is 4. The van der Waals surface area contributed by atoms with E-state index in [2.05, 4.69) is 0 Å². The van der Waals surface area contributed by atoms with Gasteiger partial charge in [0.2, 0.25) is 5.91 Å². The molecule has 2 rings (SSSR count). The van der Waals surface area contributed by atoms with Crippen molar-refractivity contribution in [2.75, 3.05) is 13.1 Å². The fourth-order valence-corrected chi connectivity index (χ4v) is 2.73. The van der Waals surface area contributed by atoms with Gasteiger partial charge >= 0.3 is 0 Å². The van der Waals surface area contributed by atoms with Gasteiger partial charge in [-0.3, -0.25) is 9.59 Å². The van der Waals surface area contributed by atoms with Gasteiger partial charge in [0.25, 0.3) is 5.91 Å². The van der Waals surface area contributed by atoms with Gasteiger partial charge in [-0.1, -0.05) is 24.4 Å². The normalized spacial score (nSPS) is 15.7. The van der Waals surface area contributed by atoms with Crippen LogP contribution in [0.4, 0.5) is 0 Å². The molecule has 5 nitrogen and oxygen atoms in total. The first-order valence-corrected chi connectivity index (χ1v) is 7.34. The summed E-state index contributed by atoms with van der Waals surface area (Å²) < 4.78 is 0. The maximum absolute atomic E-state index is 12.5. The zero-order valence-corrected chi connectivity index (χ0v) is 12.6. The van der Waals surface area contributed by atoms with E-state index in [-0.39, 0.29) is 17.7 Å². The summed E-state index contributed by atoms with van der Waals surface area (Å²) in [4.78, 5) is 25.8. The van der Waals surface area contributed by atoms with Gasteiger partial charge in [-0.05, 0) is 30.5 Å². The maximum Gasteiger partial charge on any atom is 0.253 e. The molecular formula is C15H19N3O2S. The fraction of sp³-hybridized carbons (Fsp3) is 0.400. The molecule has 0 bridgehead atoms. The second kappa shape index (κ2) is 6.67. The van der Waals surface area contributed by atoms with Crippen LogP contribution in [0.1, 0.15) is 28.8 Å². The third-order valence-electron chi connectivity index (χ3n) is 3.74. The molecule has 1 saturated heterocycles. The van der Waals surface area contributed by atoms with Crippen LogP contribution in [0, 0.1) is 5.92 Å². The number of hydrogen-bond donors (Lipinski definition) is 2. The van der Waals surface area contributed by atoms with Crippen molar-refractivity contribution >= 4 is 29.0 Å². The minimum atomic E-state index is -0.277. The zero-order chi connectivity index (χ0) is 15.4. The number of piperidine rings is 1. The van der Waals surface area contributed by atoms with Crippen LogP contribution in [0.5, 0.6) is 0 Å². The molecule has 6 heteroatoms.